The summed E-state index contributed by atoms with van der Waals surface area (Å²) in [5.74, 6) is 0. The molecule has 0 bridgehead atoms. The number of hydrogen-bond donors (Lipinski definition) is 2. The third kappa shape index (κ3) is 5.60. The Hall–Kier alpha value is -0.430. The molecular formula is C13H24N2O2S2. The minimum atomic E-state index is -3.34. The third-order valence-electron chi connectivity index (χ3n) is 2.85. The van der Waals surface area contributed by atoms with E-state index in [0.717, 1.165) is 37.1 Å². The average molecular weight is 304 g/mol. The molecule has 0 aromatic carbocycles. The molecule has 1 rings (SSSR count). The molecule has 110 valence electrons. The van der Waals surface area contributed by atoms with Gasteiger partial charge in [0.2, 0.25) is 10.0 Å². The Kier molecular flexibility index (Phi) is 7.60. The molecule has 1 heterocycles. The molecule has 0 unspecified atom stereocenters. The highest BCUT2D eigenvalue weighted by Crippen LogP contribution is 2.21. The van der Waals surface area contributed by atoms with Crippen molar-refractivity contribution in [1.82, 2.24) is 10.0 Å². The van der Waals surface area contributed by atoms with Gasteiger partial charge in [-0.15, -0.1) is 11.3 Å². The van der Waals surface area contributed by atoms with Gasteiger partial charge in [-0.25, -0.2) is 13.1 Å². The van der Waals surface area contributed by atoms with Crippen LogP contribution in [0, 0.1) is 0 Å². The molecule has 0 saturated carbocycles. The highest BCUT2D eigenvalue weighted by molar-refractivity contribution is 7.89. The molecule has 0 fully saturated rings. The van der Waals surface area contributed by atoms with Gasteiger partial charge >= 0.3 is 0 Å². The van der Waals surface area contributed by atoms with E-state index >= 15 is 0 Å². The first-order valence-electron chi connectivity index (χ1n) is 6.88. The van der Waals surface area contributed by atoms with Crippen molar-refractivity contribution in [1.29, 1.82) is 0 Å². The van der Waals surface area contributed by atoms with E-state index in [9.17, 15) is 8.42 Å². The molecule has 2 N–H and O–H groups in total. The first-order chi connectivity index (χ1) is 9.11. The smallest absolute Gasteiger partial charge is 0.241 e. The topological polar surface area (TPSA) is 58.2 Å². The van der Waals surface area contributed by atoms with E-state index < -0.39 is 10.0 Å². The molecular weight excluding hydrogens is 280 g/mol. The maximum absolute atomic E-state index is 12.2. The van der Waals surface area contributed by atoms with Crippen LogP contribution in [0.4, 0.5) is 0 Å². The van der Waals surface area contributed by atoms with Crippen LogP contribution in [-0.2, 0) is 16.6 Å². The fourth-order valence-corrected chi connectivity index (χ4v) is 4.26. The first kappa shape index (κ1) is 16.6. The van der Waals surface area contributed by atoms with Gasteiger partial charge in [-0.05, 0) is 24.4 Å². The lowest BCUT2D eigenvalue weighted by Crippen LogP contribution is -2.26. The molecule has 19 heavy (non-hydrogen) atoms. The largest absolute Gasteiger partial charge is 0.312 e. The molecule has 0 spiro atoms. The Morgan fingerprint density at radius 2 is 2.00 bits per heavy atom. The summed E-state index contributed by atoms with van der Waals surface area (Å²) in [6.45, 7) is 6.12. The van der Waals surface area contributed by atoms with Crippen LogP contribution < -0.4 is 10.0 Å². The molecule has 4 nitrogen and oxygen atoms in total. The second-order valence-corrected chi connectivity index (χ2v) is 7.18. The lowest BCUT2D eigenvalue weighted by molar-refractivity contribution is 0.572. The van der Waals surface area contributed by atoms with Gasteiger partial charge in [-0.2, -0.15) is 0 Å². The Labute approximate surface area is 120 Å². The van der Waals surface area contributed by atoms with E-state index in [1.807, 2.05) is 12.3 Å². The van der Waals surface area contributed by atoms with Gasteiger partial charge in [0.25, 0.3) is 0 Å². The molecule has 1 aromatic heterocycles. The highest BCUT2D eigenvalue weighted by Gasteiger charge is 2.18. The van der Waals surface area contributed by atoms with Crippen molar-refractivity contribution in [3.63, 3.8) is 0 Å². The van der Waals surface area contributed by atoms with Crippen molar-refractivity contribution >= 4 is 21.4 Å². The van der Waals surface area contributed by atoms with Crippen molar-refractivity contribution in [3.05, 3.63) is 16.3 Å². The summed E-state index contributed by atoms with van der Waals surface area (Å²) in [7, 11) is -3.34. The molecule has 0 atom stereocenters. The molecule has 0 aliphatic carbocycles. The summed E-state index contributed by atoms with van der Waals surface area (Å²) in [5.41, 5.74) is 0. The lowest BCUT2D eigenvalue weighted by Gasteiger charge is -2.08. The van der Waals surface area contributed by atoms with Gasteiger partial charge in [0, 0.05) is 18.0 Å². The molecule has 1 aromatic rings. The van der Waals surface area contributed by atoms with Crippen LogP contribution in [0.15, 0.2) is 16.3 Å². The minimum absolute atomic E-state index is 0.425. The number of thiophene rings is 1. The van der Waals surface area contributed by atoms with Crippen LogP contribution in [-0.4, -0.2) is 21.5 Å². The summed E-state index contributed by atoms with van der Waals surface area (Å²) in [6.07, 6.45) is 4.29. The van der Waals surface area contributed by atoms with E-state index in [2.05, 4.69) is 17.0 Å². The number of rotatable bonds is 10. The fraction of sp³-hybridized carbons (Fsp3) is 0.692. The van der Waals surface area contributed by atoms with Crippen LogP contribution in [0.3, 0.4) is 0 Å². The van der Waals surface area contributed by atoms with Gasteiger partial charge < -0.3 is 5.32 Å². The maximum Gasteiger partial charge on any atom is 0.241 e. The molecule has 0 radical (unpaired) electrons. The number of sulfonamides is 1. The van der Waals surface area contributed by atoms with E-state index in [1.54, 1.807) is 6.07 Å². The molecule has 0 aliphatic rings. The van der Waals surface area contributed by atoms with Gasteiger partial charge in [-0.3, -0.25) is 0 Å². The van der Waals surface area contributed by atoms with Gasteiger partial charge in [0.15, 0.2) is 0 Å². The Bertz CT molecular complexity index is 455. The molecule has 0 amide bonds. The summed E-state index contributed by atoms with van der Waals surface area (Å²) in [4.78, 5) is 1.30. The molecule has 0 aliphatic heterocycles. The number of unbranched alkanes of at least 4 members (excludes halogenated alkanes) is 3. The van der Waals surface area contributed by atoms with E-state index in [4.69, 9.17) is 0 Å². The average Bonchev–Trinajstić information content (AvgIpc) is 2.85. The minimum Gasteiger partial charge on any atom is -0.312 e. The van der Waals surface area contributed by atoms with Gasteiger partial charge in [0.05, 0.1) is 4.90 Å². The van der Waals surface area contributed by atoms with Crippen molar-refractivity contribution in [2.45, 2.75) is 51.0 Å². The zero-order chi connectivity index (χ0) is 14.1. The van der Waals surface area contributed by atoms with E-state index in [1.165, 1.54) is 11.3 Å². The SMILES string of the molecule is CCCCCCNS(=O)(=O)c1ccsc1CNCC. The molecule has 0 saturated heterocycles. The van der Waals surface area contributed by atoms with Crippen molar-refractivity contribution in [3.8, 4) is 0 Å². The molecule has 6 heteroatoms. The van der Waals surface area contributed by atoms with Gasteiger partial charge in [-0.1, -0.05) is 33.1 Å². The van der Waals surface area contributed by atoms with Gasteiger partial charge in [0.1, 0.15) is 0 Å². The predicted octanol–water partition coefficient (Wildman–Crippen LogP) is 2.72. The second-order valence-electron chi connectivity index (χ2n) is 4.45. The van der Waals surface area contributed by atoms with E-state index in [-0.39, 0.29) is 0 Å². The van der Waals surface area contributed by atoms with Crippen LogP contribution in [0.5, 0.6) is 0 Å². The fourth-order valence-electron chi connectivity index (χ4n) is 1.77. The number of hydrogen-bond acceptors (Lipinski definition) is 4. The summed E-state index contributed by atoms with van der Waals surface area (Å²) < 4.78 is 27.0. The maximum atomic E-state index is 12.2. The zero-order valence-electron chi connectivity index (χ0n) is 11.7. The predicted molar refractivity (Wildman–Crippen MR) is 81.0 cm³/mol. The Morgan fingerprint density at radius 3 is 2.68 bits per heavy atom. The Balaban J connectivity index is 2.54. The third-order valence-corrected chi connectivity index (χ3v) is 5.45. The summed E-state index contributed by atoms with van der Waals surface area (Å²) >= 11 is 1.48. The quantitative estimate of drug-likeness (QED) is 0.653. The second kappa shape index (κ2) is 8.68. The van der Waals surface area contributed by atoms with Crippen molar-refractivity contribution in [2.24, 2.45) is 0 Å². The monoisotopic (exact) mass is 304 g/mol. The lowest BCUT2D eigenvalue weighted by atomic mass is 10.2. The summed E-state index contributed by atoms with van der Waals surface area (Å²) in [5, 5.41) is 5.00. The van der Waals surface area contributed by atoms with Crippen LogP contribution in [0.25, 0.3) is 0 Å². The highest BCUT2D eigenvalue weighted by atomic mass is 32.2. The normalized spacial score (nSPS) is 11.9. The standard InChI is InChI=1S/C13H24N2O2S2/c1-3-5-6-7-9-15-19(16,17)13-8-10-18-12(13)11-14-4-2/h8,10,14-15H,3-7,9,11H2,1-2H3. The van der Waals surface area contributed by atoms with E-state index in [0.29, 0.717) is 18.0 Å². The first-order valence-corrected chi connectivity index (χ1v) is 9.24. The van der Waals surface area contributed by atoms with Crippen LogP contribution in [0.1, 0.15) is 44.4 Å². The number of nitrogens with one attached hydrogen (secondary N) is 2. The summed E-state index contributed by atoms with van der Waals surface area (Å²) in [6, 6.07) is 1.69. The van der Waals surface area contributed by atoms with Crippen molar-refractivity contribution in [2.75, 3.05) is 13.1 Å². The van der Waals surface area contributed by atoms with Crippen LogP contribution in [0.2, 0.25) is 0 Å². The van der Waals surface area contributed by atoms with Crippen molar-refractivity contribution < 1.29 is 8.42 Å². The van der Waals surface area contributed by atoms with Crippen LogP contribution >= 0.6 is 11.3 Å². The zero-order valence-corrected chi connectivity index (χ0v) is 13.4. The Morgan fingerprint density at radius 1 is 1.21 bits per heavy atom.